The average Bonchev–Trinajstić information content (AvgIpc) is 3.09. The number of rotatable bonds is 0. The maximum Gasteiger partial charge on any atom is 0.332 e. The van der Waals surface area contributed by atoms with Crippen LogP contribution in [0.25, 0.3) is 0 Å². The Hall–Kier alpha value is -0.990. The maximum atomic E-state index is 15.2. The van der Waals surface area contributed by atoms with E-state index in [1.54, 1.807) is 26.8 Å². The smallest absolute Gasteiger partial charge is 0.332 e. The number of esters is 1. The van der Waals surface area contributed by atoms with E-state index in [1.807, 2.05) is 6.92 Å². The number of ketones is 2. The van der Waals surface area contributed by atoms with Crippen molar-refractivity contribution in [1.82, 2.24) is 0 Å². The lowest BCUT2D eigenvalue weighted by Gasteiger charge is -2.65. The summed E-state index contributed by atoms with van der Waals surface area (Å²) in [6, 6.07) is 0. The predicted molar refractivity (Wildman–Crippen MR) is 132 cm³/mol. The minimum Gasteiger partial charge on any atom is -0.456 e. The van der Waals surface area contributed by atoms with Gasteiger partial charge in [0.05, 0.1) is 15.6 Å². The molecule has 0 radical (unpaired) electrons. The summed E-state index contributed by atoms with van der Waals surface area (Å²) in [5.41, 5.74) is -3.04. The van der Waals surface area contributed by atoms with Crippen LogP contribution in [0.1, 0.15) is 53.4 Å². The lowest BCUT2D eigenvalue weighted by molar-refractivity contribution is -0.285. The normalized spacial score (nSPS) is 48.5. The summed E-state index contributed by atoms with van der Waals surface area (Å²) in [7, 11) is 0. The third-order valence-corrected chi connectivity index (χ3v) is 11.5. The van der Waals surface area contributed by atoms with Gasteiger partial charge < -0.3 is 14.2 Å². The molecule has 36 heavy (non-hydrogen) atoms. The first-order chi connectivity index (χ1) is 16.6. The third kappa shape index (κ3) is 3.32. The molecule has 6 nitrogen and oxygen atoms in total. The van der Waals surface area contributed by atoms with Crippen LogP contribution in [0.4, 0.5) is 4.39 Å². The number of carbonyl (C=O) groups excluding carboxylic acids is 3. The van der Waals surface area contributed by atoms with Crippen LogP contribution < -0.4 is 0 Å². The molecule has 1 saturated heterocycles. The molecule has 0 unspecified atom stereocenters. The van der Waals surface area contributed by atoms with Gasteiger partial charge >= 0.3 is 5.97 Å². The summed E-state index contributed by atoms with van der Waals surface area (Å²) in [5.74, 6) is -4.28. The van der Waals surface area contributed by atoms with Gasteiger partial charge in [0.15, 0.2) is 18.2 Å². The lowest BCUT2D eigenvalue weighted by atomic mass is 9.46. The third-order valence-electron chi connectivity index (χ3n) is 9.56. The molecular weight excluding hydrogens is 534 g/mol. The molecule has 8 atom stereocenters. The minimum absolute atomic E-state index is 0.157. The number of hydrogen-bond donors (Lipinski definition) is 0. The van der Waals surface area contributed by atoms with Crippen LogP contribution in [0.15, 0.2) is 23.6 Å². The van der Waals surface area contributed by atoms with Gasteiger partial charge in [-0.1, -0.05) is 19.9 Å². The quantitative estimate of drug-likeness (QED) is 0.304. The summed E-state index contributed by atoms with van der Waals surface area (Å²) in [4.78, 5) is 36.8. The standard InChI is InChI=1S/C26H30Cl3FO6/c1-22(2)35-12-19(33)34-11-18(32)25(36-22)8-5-13-14-9-15(27)20-21(30)16(31)6-7-23(20,3)26(14,29)17(28)10-24(13,25)4/h6-7,13-15,17H,5,8-12H2,1-4H3/t13-,14-,15-,17-,23-,24-,25-,26-/m0/s1. The van der Waals surface area contributed by atoms with Gasteiger partial charge in [-0.15, -0.1) is 34.8 Å². The molecule has 5 aliphatic rings. The first-order valence-corrected chi connectivity index (χ1v) is 13.5. The van der Waals surface area contributed by atoms with Gasteiger partial charge in [-0.3, -0.25) is 9.59 Å². The van der Waals surface area contributed by atoms with Crippen molar-refractivity contribution in [2.75, 3.05) is 13.2 Å². The Balaban J connectivity index is 1.62. The highest BCUT2D eigenvalue weighted by Gasteiger charge is 2.75. The number of fused-ring (bicyclic) bond motifs is 6. The number of cyclic esters (lactones) is 1. The Labute approximate surface area is 224 Å². The van der Waals surface area contributed by atoms with Crippen LogP contribution in [0.2, 0.25) is 0 Å². The zero-order valence-electron chi connectivity index (χ0n) is 20.7. The lowest BCUT2D eigenvalue weighted by Crippen LogP contribution is -2.69. The molecule has 10 heteroatoms. The van der Waals surface area contributed by atoms with Gasteiger partial charge in [0, 0.05) is 10.8 Å². The number of ether oxygens (including phenoxy) is 3. The Kier molecular flexibility index (Phi) is 6.10. The van der Waals surface area contributed by atoms with Crippen LogP contribution in [0, 0.1) is 22.7 Å². The van der Waals surface area contributed by atoms with Gasteiger partial charge in [0.1, 0.15) is 12.2 Å². The van der Waals surface area contributed by atoms with Gasteiger partial charge in [-0.05, 0) is 63.0 Å². The van der Waals surface area contributed by atoms with E-state index < -0.39 is 62.0 Å². The van der Waals surface area contributed by atoms with Crippen LogP contribution in [0.3, 0.4) is 0 Å². The SMILES string of the molecule is CC1(C)OCC(=O)OCC(=O)[C@]2(CC[C@H]3[C@@H]4C[C@H](Cl)C5=C(F)C(=O)C=C[C@]5(C)[C@@]4(Cl)[C@@H](Cl)C[C@@]32C)O1. The van der Waals surface area contributed by atoms with E-state index in [9.17, 15) is 14.4 Å². The predicted octanol–water partition coefficient (Wildman–Crippen LogP) is 5.02. The van der Waals surface area contributed by atoms with Crippen LogP contribution in [0.5, 0.6) is 0 Å². The molecule has 4 fully saturated rings. The van der Waals surface area contributed by atoms with Crippen LogP contribution >= 0.6 is 34.8 Å². The van der Waals surface area contributed by atoms with E-state index in [4.69, 9.17) is 49.0 Å². The fourth-order valence-corrected chi connectivity index (χ4v) is 9.59. The summed E-state index contributed by atoms with van der Waals surface area (Å²) >= 11 is 21.4. The number of hydrogen-bond acceptors (Lipinski definition) is 6. The summed E-state index contributed by atoms with van der Waals surface area (Å²) in [6.07, 6.45) is 4.38. The van der Waals surface area contributed by atoms with Gasteiger partial charge in [-0.2, -0.15) is 0 Å². The Morgan fingerprint density at radius 1 is 1.06 bits per heavy atom. The highest BCUT2D eigenvalue weighted by atomic mass is 35.5. The maximum absolute atomic E-state index is 15.2. The van der Waals surface area contributed by atoms with Crippen molar-refractivity contribution in [2.45, 2.75) is 80.4 Å². The molecule has 5 rings (SSSR count). The zero-order chi connectivity index (χ0) is 26.5. The zero-order valence-corrected chi connectivity index (χ0v) is 22.9. The monoisotopic (exact) mass is 562 g/mol. The van der Waals surface area contributed by atoms with E-state index in [-0.39, 0.29) is 36.2 Å². The van der Waals surface area contributed by atoms with Crippen molar-refractivity contribution < 1.29 is 33.0 Å². The number of alkyl halides is 3. The summed E-state index contributed by atoms with van der Waals surface area (Å²) in [6.45, 7) is 6.35. The number of carbonyl (C=O) groups is 3. The van der Waals surface area contributed by atoms with Crippen molar-refractivity contribution in [3.05, 3.63) is 23.6 Å². The fraction of sp³-hybridized carbons (Fsp3) is 0.731. The fourth-order valence-electron chi connectivity index (χ4n) is 7.89. The first kappa shape index (κ1) is 26.6. The summed E-state index contributed by atoms with van der Waals surface area (Å²) < 4.78 is 32.6. The van der Waals surface area contributed by atoms with E-state index in [0.717, 1.165) is 0 Å². The van der Waals surface area contributed by atoms with Crippen molar-refractivity contribution in [1.29, 1.82) is 0 Å². The second kappa shape index (κ2) is 8.25. The molecule has 4 aliphatic carbocycles. The number of halogens is 4. The number of Topliss-reactive ketones (excluding diaryl/α,β-unsaturated/α-hetero) is 1. The Morgan fingerprint density at radius 2 is 1.75 bits per heavy atom. The number of allylic oxidation sites excluding steroid dienone is 4. The van der Waals surface area contributed by atoms with Crippen LogP contribution in [-0.2, 0) is 28.6 Å². The first-order valence-electron chi connectivity index (χ1n) is 12.3. The van der Waals surface area contributed by atoms with E-state index >= 15 is 4.39 Å². The second-order valence-corrected chi connectivity index (χ2v) is 13.3. The van der Waals surface area contributed by atoms with Crippen LogP contribution in [-0.4, -0.2) is 57.8 Å². The Bertz CT molecular complexity index is 1110. The Morgan fingerprint density at radius 3 is 2.44 bits per heavy atom. The summed E-state index contributed by atoms with van der Waals surface area (Å²) in [5, 5.41) is -1.48. The van der Waals surface area contributed by atoms with Crippen molar-refractivity contribution >= 4 is 52.3 Å². The topological polar surface area (TPSA) is 78.9 Å². The van der Waals surface area contributed by atoms with Crippen molar-refractivity contribution in [3.63, 3.8) is 0 Å². The van der Waals surface area contributed by atoms with E-state index in [1.165, 1.54) is 6.08 Å². The van der Waals surface area contributed by atoms with Gasteiger partial charge in [0.2, 0.25) is 11.6 Å². The van der Waals surface area contributed by atoms with Gasteiger partial charge in [0.25, 0.3) is 0 Å². The van der Waals surface area contributed by atoms with E-state index in [2.05, 4.69) is 0 Å². The second-order valence-electron chi connectivity index (χ2n) is 11.6. The van der Waals surface area contributed by atoms with Crippen molar-refractivity contribution in [3.8, 4) is 0 Å². The highest BCUT2D eigenvalue weighted by Crippen LogP contribution is 2.73. The molecule has 198 valence electrons. The molecule has 0 aromatic carbocycles. The highest BCUT2D eigenvalue weighted by molar-refractivity contribution is 6.34. The van der Waals surface area contributed by atoms with Gasteiger partial charge in [-0.25, -0.2) is 9.18 Å². The molecule has 1 heterocycles. The minimum atomic E-state index is -1.33. The molecular formula is C26H30Cl3FO6. The molecule has 1 aliphatic heterocycles. The molecule has 0 N–H and O–H groups in total. The largest absolute Gasteiger partial charge is 0.456 e. The molecule has 1 spiro atoms. The van der Waals surface area contributed by atoms with Crippen molar-refractivity contribution in [2.24, 2.45) is 22.7 Å². The average molecular weight is 564 g/mol. The molecule has 3 saturated carbocycles. The molecule has 0 aromatic heterocycles. The van der Waals surface area contributed by atoms with E-state index in [0.29, 0.717) is 19.3 Å². The molecule has 0 bridgehead atoms. The molecule has 0 amide bonds. The molecule has 0 aromatic rings.